The van der Waals surface area contributed by atoms with Gasteiger partial charge in [0.15, 0.2) is 0 Å². The molecule has 0 aliphatic heterocycles. The molecule has 13 heavy (non-hydrogen) atoms. The summed E-state index contributed by atoms with van der Waals surface area (Å²) in [5, 5.41) is 19.7. The molecule has 0 heterocycles. The zero-order chi connectivity index (χ0) is 9.73. The van der Waals surface area contributed by atoms with E-state index in [1.165, 1.54) is 0 Å². The Kier molecular flexibility index (Phi) is 3.94. The molecule has 2 nitrogen and oxygen atoms in total. The van der Waals surface area contributed by atoms with Crippen LogP contribution in [0.2, 0.25) is 0 Å². The van der Waals surface area contributed by atoms with Crippen molar-refractivity contribution in [1.29, 1.82) is 0 Å². The summed E-state index contributed by atoms with van der Waals surface area (Å²) < 4.78 is 0. The molecule has 1 aliphatic carbocycles. The molecule has 0 aromatic carbocycles. The lowest BCUT2D eigenvalue weighted by Crippen LogP contribution is -2.39. The number of unbranched alkanes of at least 4 members (excludes halogenated alkanes) is 1. The summed E-state index contributed by atoms with van der Waals surface area (Å²) in [4.78, 5) is 0. The second kappa shape index (κ2) is 4.77. The predicted molar refractivity (Wildman–Crippen MR) is 53.5 cm³/mol. The van der Waals surface area contributed by atoms with Crippen LogP contribution in [0.25, 0.3) is 0 Å². The van der Waals surface area contributed by atoms with Gasteiger partial charge in [0.25, 0.3) is 0 Å². The standard InChI is InChI=1S/C11H20O2/c1-2-3-4-7-10(12)11(13)8-5-6-9-11/h2,10,12-13H,1,3-9H2. The average Bonchev–Trinajstić information content (AvgIpc) is 2.54. The lowest BCUT2D eigenvalue weighted by molar-refractivity contribution is -0.0733. The minimum atomic E-state index is -0.777. The SMILES string of the molecule is C=CCCCC(O)C1(O)CCCC1. The molecule has 1 fully saturated rings. The first kappa shape index (κ1) is 10.7. The van der Waals surface area contributed by atoms with E-state index in [-0.39, 0.29) is 0 Å². The van der Waals surface area contributed by atoms with Gasteiger partial charge >= 0.3 is 0 Å². The first-order valence-electron chi connectivity index (χ1n) is 5.20. The molecule has 0 amide bonds. The average molecular weight is 184 g/mol. The summed E-state index contributed by atoms with van der Waals surface area (Å²) in [6.07, 6.45) is 7.50. The van der Waals surface area contributed by atoms with Crippen LogP contribution in [-0.2, 0) is 0 Å². The van der Waals surface area contributed by atoms with E-state index < -0.39 is 11.7 Å². The van der Waals surface area contributed by atoms with Gasteiger partial charge in [0.1, 0.15) is 0 Å². The number of aliphatic hydroxyl groups excluding tert-OH is 1. The number of hydrogen-bond acceptors (Lipinski definition) is 2. The van der Waals surface area contributed by atoms with Crippen LogP contribution < -0.4 is 0 Å². The van der Waals surface area contributed by atoms with Crippen LogP contribution in [0.5, 0.6) is 0 Å². The van der Waals surface area contributed by atoms with Crippen molar-refractivity contribution in [2.75, 3.05) is 0 Å². The third-order valence-electron chi connectivity index (χ3n) is 2.98. The van der Waals surface area contributed by atoms with Gasteiger partial charge in [-0.05, 0) is 32.1 Å². The van der Waals surface area contributed by atoms with Crippen LogP contribution in [0.15, 0.2) is 12.7 Å². The molecule has 1 rings (SSSR count). The fourth-order valence-corrected chi connectivity index (χ4v) is 2.04. The van der Waals surface area contributed by atoms with Crippen molar-refractivity contribution < 1.29 is 10.2 Å². The van der Waals surface area contributed by atoms with Crippen molar-refractivity contribution in [2.45, 2.75) is 56.7 Å². The third-order valence-corrected chi connectivity index (χ3v) is 2.98. The van der Waals surface area contributed by atoms with E-state index >= 15 is 0 Å². The van der Waals surface area contributed by atoms with Gasteiger partial charge in [0, 0.05) is 0 Å². The molecule has 1 atom stereocenters. The summed E-state index contributed by atoms with van der Waals surface area (Å²) in [6.45, 7) is 3.63. The second-order valence-corrected chi connectivity index (χ2v) is 4.05. The summed E-state index contributed by atoms with van der Waals surface area (Å²) in [5.41, 5.74) is -0.777. The van der Waals surface area contributed by atoms with Crippen LogP contribution in [-0.4, -0.2) is 21.9 Å². The van der Waals surface area contributed by atoms with Gasteiger partial charge in [0.05, 0.1) is 11.7 Å². The van der Waals surface area contributed by atoms with Gasteiger partial charge in [-0.1, -0.05) is 18.9 Å². The van der Waals surface area contributed by atoms with Gasteiger partial charge in [-0.15, -0.1) is 6.58 Å². The monoisotopic (exact) mass is 184 g/mol. The Hall–Kier alpha value is -0.340. The van der Waals surface area contributed by atoms with Crippen LogP contribution in [0.3, 0.4) is 0 Å². The van der Waals surface area contributed by atoms with E-state index in [2.05, 4.69) is 6.58 Å². The highest BCUT2D eigenvalue weighted by atomic mass is 16.3. The molecule has 0 aromatic rings. The van der Waals surface area contributed by atoms with Crippen molar-refractivity contribution >= 4 is 0 Å². The van der Waals surface area contributed by atoms with E-state index in [9.17, 15) is 10.2 Å². The molecule has 2 heteroatoms. The fourth-order valence-electron chi connectivity index (χ4n) is 2.04. The van der Waals surface area contributed by atoms with Crippen LogP contribution in [0.4, 0.5) is 0 Å². The first-order valence-corrected chi connectivity index (χ1v) is 5.20. The third kappa shape index (κ3) is 2.82. The van der Waals surface area contributed by atoms with Crippen molar-refractivity contribution in [1.82, 2.24) is 0 Å². The smallest absolute Gasteiger partial charge is 0.0905 e. The molecule has 0 bridgehead atoms. The first-order chi connectivity index (χ1) is 6.19. The summed E-state index contributed by atoms with van der Waals surface area (Å²) in [5.74, 6) is 0. The fraction of sp³-hybridized carbons (Fsp3) is 0.818. The Balaban J connectivity index is 2.28. The van der Waals surface area contributed by atoms with Gasteiger partial charge < -0.3 is 10.2 Å². The Labute approximate surface area is 80.3 Å². The molecule has 0 spiro atoms. The highest BCUT2D eigenvalue weighted by molar-refractivity contribution is 4.90. The quantitative estimate of drug-likeness (QED) is 0.507. The van der Waals surface area contributed by atoms with E-state index in [4.69, 9.17) is 0 Å². The van der Waals surface area contributed by atoms with Crippen LogP contribution in [0, 0.1) is 0 Å². The summed E-state index contributed by atoms with van der Waals surface area (Å²) in [6, 6.07) is 0. The predicted octanol–water partition coefficient (Wildman–Crippen LogP) is 2.01. The lowest BCUT2D eigenvalue weighted by atomic mass is 9.91. The van der Waals surface area contributed by atoms with E-state index in [1.807, 2.05) is 6.08 Å². The normalized spacial score (nSPS) is 22.9. The zero-order valence-electron chi connectivity index (χ0n) is 8.21. The molecule has 76 valence electrons. The Morgan fingerprint density at radius 2 is 2.00 bits per heavy atom. The van der Waals surface area contributed by atoms with Crippen molar-refractivity contribution in [2.24, 2.45) is 0 Å². The Morgan fingerprint density at radius 1 is 1.38 bits per heavy atom. The Morgan fingerprint density at radius 3 is 2.54 bits per heavy atom. The minimum absolute atomic E-state index is 0.532. The topological polar surface area (TPSA) is 40.5 Å². The molecular formula is C11H20O2. The van der Waals surface area contributed by atoms with E-state index in [0.717, 1.165) is 38.5 Å². The van der Waals surface area contributed by atoms with Gasteiger partial charge in [-0.25, -0.2) is 0 Å². The number of aliphatic hydroxyl groups is 2. The Bertz CT molecular complexity index is 159. The lowest BCUT2D eigenvalue weighted by Gasteiger charge is -2.28. The van der Waals surface area contributed by atoms with Gasteiger partial charge in [-0.3, -0.25) is 0 Å². The zero-order valence-corrected chi connectivity index (χ0v) is 8.21. The van der Waals surface area contributed by atoms with Crippen molar-refractivity contribution in [3.63, 3.8) is 0 Å². The molecule has 1 unspecified atom stereocenters. The highest BCUT2D eigenvalue weighted by Crippen LogP contribution is 2.34. The van der Waals surface area contributed by atoms with Crippen molar-refractivity contribution in [3.05, 3.63) is 12.7 Å². The molecule has 1 aliphatic rings. The minimum Gasteiger partial charge on any atom is -0.390 e. The molecule has 2 N–H and O–H groups in total. The molecule has 0 aromatic heterocycles. The molecule has 1 saturated carbocycles. The maximum Gasteiger partial charge on any atom is 0.0905 e. The number of hydrogen-bond donors (Lipinski definition) is 2. The number of allylic oxidation sites excluding steroid dienone is 1. The van der Waals surface area contributed by atoms with Crippen molar-refractivity contribution in [3.8, 4) is 0 Å². The molecule has 0 radical (unpaired) electrons. The van der Waals surface area contributed by atoms with E-state index in [1.54, 1.807) is 0 Å². The van der Waals surface area contributed by atoms with Gasteiger partial charge in [0.2, 0.25) is 0 Å². The number of rotatable bonds is 5. The molecule has 0 saturated heterocycles. The maximum atomic E-state index is 9.98. The summed E-state index contributed by atoms with van der Waals surface area (Å²) >= 11 is 0. The van der Waals surface area contributed by atoms with Crippen LogP contribution in [0.1, 0.15) is 44.9 Å². The summed E-state index contributed by atoms with van der Waals surface area (Å²) in [7, 11) is 0. The second-order valence-electron chi connectivity index (χ2n) is 4.05. The van der Waals surface area contributed by atoms with Crippen LogP contribution >= 0.6 is 0 Å². The molecular weight excluding hydrogens is 164 g/mol. The van der Waals surface area contributed by atoms with E-state index in [0.29, 0.717) is 6.42 Å². The maximum absolute atomic E-state index is 9.98. The van der Waals surface area contributed by atoms with Gasteiger partial charge in [-0.2, -0.15) is 0 Å². The largest absolute Gasteiger partial charge is 0.390 e. The highest BCUT2D eigenvalue weighted by Gasteiger charge is 2.37.